The number of nitrogens with one attached hydrogen (secondary N) is 1. The van der Waals surface area contributed by atoms with E-state index in [0.717, 1.165) is 28.4 Å². The lowest BCUT2D eigenvalue weighted by molar-refractivity contribution is -0.128. The highest BCUT2D eigenvalue weighted by Gasteiger charge is 2.27. The average Bonchev–Trinajstić information content (AvgIpc) is 3.30. The van der Waals surface area contributed by atoms with Crippen LogP contribution in [0.2, 0.25) is 0 Å². The largest absolute Gasteiger partial charge is 0.497 e. The van der Waals surface area contributed by atoms with Gasteiger partial charge in [0.15, 0.2) is 0 Å². The molecule has 0 bridgehead atoms. The number of hydrogen-bond donors (Lipinski definition) is 1. The summed E-state index contributed by atoms with van der Waals surface area (Å²) in [7, 11) is -2.51. The Bertz CT molecular complexity index is 1330. The van der Waals surface area contributed by atoms with Crippen molar-refractivity contribution in [3.63, 3.8) is 0 Å². The first-order chi connectivity index (χ1) is 17.4. The molecule has 36 heavy (non-hydrogen) atoms. The molecule has 2 amide bonds. The normalized spacial score (nSPS) is 13.5. The summed E-state index contributed by atoms with van der Waals surface area (Å²) < 4.78 is 33.2. The Hall–Kier alpha value is -3.85. The van der Waals surface area contributed by atoms with E-state index in [4.69, 9.17) is 4.74 Å². The minimum Gasteiger partial charge on any atom is -0.497 e. The molecule has 1 aliphatic heterocycles. The molecule has 0 aromatic heterocycles. The van der Waals surface area contributed by atoms with Crippen molar-refractivity contribution >= 4 is 27.5 Å². The number of ether oxygens (including phenoxy) is 1. The summed E-state index contributed by atoms with van der Waals surface area (Å²) in [4.78, 5) is 26.8. The highest BCUT2D eigenvalue weighted by molar-refractivity contribution is 7.92. The summed E-state index contributed by atoms with van der Waals surface area (Å²) in [6, 6.07) is 22.3. The maximum Gasteiger partial charge on any atom is 0.264 e. The van der Waals surface area contributed by atoms with Crippen LogP contribution in [0.5, 0.6) is 5.75 Å². The maximum absolute atomic E-state index is 13.5. The highest BCUT2D eigenvalue weighted by atomic mass is 32.2. The molecule has 1 fully saturated rings. The van der Waals surface area contributed by atoms with Crippen molar-refractivity contribution < 1.29 is 22.7 Å². The Morgan fingerprint density at radius 1 is 1.00 bits per heavy atom. The number of anilines is 1. The first-order valence-corrected chi connectivity index (χ1v) is 13.1. The molecule has 188 valence electrons. The van der Waals surface area contributed by atoms with Gasteiger partial charge in [-0.05, 0) is 41.8 Å². The van der Waals surface area contributed by atoms with Crippen molar-refractivity contribution in [1.29, 1.82) is 0 Å². The van der Waals surface area contributed by atoms with Crippen LogP contribution in [0, 0.1) is 0 Å². The van der Waals surface area contributed by atoms with Crippen LogP contribution < -0.4 is 14.4 Å². The third-order valence-electron chi connectivity index (χ3n) is 5.99. The molecule has 1 heterocycles. The number of amides is 2. The molecule has 9 heteroatoms. The summed E-state index contributed by atoms with van der Waals surface area (Å²) in [6.45, 7) is 1.14. The summed E-state index contributed by atoms with van der Waals surface area (Å²) in [5.41, 5.74) is 2.18. The fraction of sp³-hybridized carbons (Fsp3) is 0.259. The first kappa shape index (κ1) is 25.2. The summed E-state index contributed by atoms with van der Waals surface area (Å²) in [6.07, 6.45) is 1.47. The van der Waals surface area contributed by atoms with Gasteiger partial charge in [0, 0.05) is 32.1 Å². The van der Waals surface area contributed by atoms with Gasteiger partial charge >= 0.3 is 0 Å². The summed E-state index contributed by atoms with van der Waals surface area (Å²) in [5.74, 6) is 0.192. The van der Waals surface area contributed by atoms with E-state index < -0.39 is 22.5 Å². The average molecular weight is 508 g/mol. The number of carbonyl (C=O) groups is 2. The van der Waals surface area contributed by atoms with E-state index in [2.05, 4.69) is 5.32 Å². The number of methoxy groups -OCH3 is 1. The quantitative estimate of drug-likeness (QED) is 0.454. The molecule has 0 unspecified atom stereocenters. The van der Waals surface area contributed by atoms with E-state index in [9.17, 15) is 18.0 Å². The Kier molecular flexibility index (Phi) is 7.90. The molecule has 3 aromatic rings. The van der Waals surface area contributed by atoms with Gasteiger partial charge in [-0.25, -0.2) is 8.42 Å². The molecule has 1 saturated heterocycles. The molecule has 0 aliphatic carbocycles. The van der Waals surface area contributed by atoms with Crippen LogP contribution >= 0.6 is 0 Å². The van der Waals surface area contributed by atoms with Gasteiger partial charge in [-0.3, -0.25) is 13.9 Å². The Labute approximate surface area is 211 Å². The van der Waals surface area contributed by atoms with Gasteiger partial charge in [0.2, 0.25) is 11.8 Å². The molecule has 3 aromatic carbocycles. The lowest BCUT2D eigenvalue weighted by atomic mass is 10.1. The van der Waals surface area contributed by atoms with Gasteiger partial charge < -0.3 is 15.0 Å². The SMILES string of the molecule is COc1cccc(N(CC(=O)NCc2cccc(CN3CCCC3=O)c2)S(=O)(=O)c2ccccc2)c1. The monoisotopic (exact) mass is 507 g/mol. The Morgan fingerprint density at radius 3 is 2.47 bits per heavy atom. The molecule has 4 rings (SSSR count). The third kappa shape index (κ3) is 6.04. The second-order valence-electron chi connectivity index (χ2n) is 8.54. The first-order valence-electron chi connectivity index (χ1n) is 11.7. The van der Waals surface area contributed by atoms with Crippen molar-refractivity contribution in [3.8, 4) is 5.75 Å². The molecule has 0 saturated carbocycles. The molecule has 0 spiro atoms. The van der Waals surface area contributed by atoms with Crippen molar-refractivity contribution in [2.24, 2.45) is 0 Å². The number of sulfonamides is 1. The predicted molar refractivity (Wildman–Crippen MR) is 137 cm³/mol. The number of rotatable bonds is 10. The minimum absolute atomic E-state index is 0.0878. The van der Waals surface area contributed by atoms with E-state index >= 15 is 0 Å². The standard InChI is InChI=1S/C27H29N3O5S/c1-35-24-11-6-10-23(17-24)30(36(33,34)25-12-3-2-4-13-25)20-26(31)28-18-21-8-5-9-22(16-21)19-29-15-7-14-27(29)32/h2-6,8-13,16-17H,7,14-15,18-20H2,1H3,(H,28,31). The van der Waals surface area contributed by atoms with Crippen molar-refractivity contribution in [2.45, 2.75) is 30.8 Å². The fourth-order valence-electron chi connectivity index (χ4n) is 4.12. The van der Waals surface area contributed by atoms with E-state index in [-0.39, 0.29) is 17.3 Å². The zero-order valence-corrected chi connectivity index (χ0v) is 20.9. The number of benzene rings is 3. The lowest BCUT2D eigenvalue weighted by Crippen LogP contribution is -2.40. The van der Waals surface area contributed by atoms with Crippen LogP contribution in [0.4, 0.5) is 5.69 Å². The lowest BCUT2D eigenvalue weighted by Gasteiger charge is -2.24. The number of hydrogen-bond acceptors (Lipinski definition) is 5. The minimum atomic E-state index is -4.00. The van der Waals surface area contributed by atoms with Crippen molar-refractivity contribution in [2.75, 3.05) is 24.5 Å². The van der Waals surface area contributed by atoms with Gasteiger partial charge in [0.05, 0.1) is 17.7 Å². The fourth-order valence-corrected chi connectivity index (χ4v) is 5.55. The predicted octanol–water partition coefficient (Wildman–Crippen LogP) is 3.33. The maximum atomic E-state index is 13.5. The van der Waals surface area contributed by atoms with Crippen LogP contribution in [0.25, 0.3) is 0 Å². The molecule has 0 radical (unpaired) electrons. The van der Waals surface area contributed by atoms with Crippen LogP contribution in [0.1, 0.15) is 24.0 Å². The molecular formula is C27H29N3O5S. The van der Waals surface area contributed by atoms with Gasteiger partial charge in [0.1, 0.15) is 12.3 Å². The third-order valence-corrected chi connectivity index (χ3v) is 7.77. The van der Waals surface area contributed by atoms with E-state index in [1.165, 1.54) is 19.2 Å². The second-order valence-corrected chi connectivity index (χ2v) is 10.4. The van der Waals surface area contributed by atoms with Crippen molar-refractivity contribution in [3.05, 3.63) is 90.0 Å². The number of carbonyl (C=O) groups excluding carboxylic acids is 2. The second kappa shape index (κ2) is 11.3. The summed E-state index contributed by atoms with van der Waals surface area (Å²) in [5, 5.41) is 2.82. The van der Waals surface area contributed by atoms with E-state index in [1.807, 2.05) is 29.2 Å². The zero-order chi connectivity index (χ0) is 25.5. The van der Waals surface area contributed by atoms with Gasteiger partial charge in [-0.2, -0.15) is 0 Å². The van der Waals surface area contributed by atoms with Crippen LogP contribution in [-0.4, -0.2) is 45.3 Å². The van der Waals surface area contributed by atoms with Crippen LogP contribution in [0.3, 0.4) is 0 Å². The van der Waals surface area contributed by atoms with Gasteiger partial charge in [-0.1, -0.05) is 48.5 Å². The van der Waals surface area contributed by atoms with E-state index in [0.29, 0.717) is 24.4 Å². The highest BCUT2D eigenvalue weighted by Crippen LogP contribution is 2.27. The van der Waals surface area contributed by atoms with Gasteiger partial charge in [-0.15, -0.1) is 0 Å². The topological polar surface area (TPSA) is 96.0 Å². The number of nitrogens with zero attached hydrogens (tertiary/aromatic N) is 2. The Balaban J connectivity index is 1.48. The Morgan fingerprint density at radius 2 is 1.75 bits per heavy atom. The van der Waals surface area contributed by atoms with Crippen LogP contribution in [-0.2, 0) is 32.7 Å². The summed E-state index contributed by atoms with van der Waals surface area (Å²) >= 11 is 0. The number of likely N-dealkylation sites (tertiary alicyclic amines) is 1. The zero-order valence-electron chi connectivity index (χ0n) is 20.1. The van der Waals surface area contributed by atoms with Gasteiger partial charge in [0.25, 0.3) is 10.0 Å². The smallest absolute Gasteiger partial charge is 0.264 e. The van der Waals surface area contributed by atoms with Crippen LogP contribution in [0.15, 0.2) is 83.8 Å². The molecule has 1 aliphatic rings. The molecule has 8 nitrogen and oxygen atoms in total. The van der Waals surface area contributed by atoms with E-state index in [1.54, 1.807) is 42.5 Å². The van der Waals surface area contributed by atoms with Crippen molar-refractivity contribution in [1.82, 2.24) is 10.2 Å². The molecule has 1 N–H and O–H groups in total. The molecular weight excluding hydrogens is 478 g/mol. The molecule has 0 atom stereocenters.